The number of esters is 1. The highest BCUT2D eigenvalue weighted by atomic mass is 32.2. The van der Waals surface area contributed by atoms with Gasteiger partial charge in [0.1, 0.15) is 18.4 Å². The van der Waals surface area contributed by atoms with Crippen LogP contribution in [0.1, 0.15) is 29.5 Å². The summed E-state index contributed by atoms with van der Waals surface area (Å²) in [5.74, 6) is -0.424. The second kappa shape index (κ2) is 16.4. The first kappa shape index (κ1) is 32.5. The largest absolute Gasteiger partial charge is 0.494 e. The monoisotopic (exact) mass is 578 g/mol. The highest BCUT2D eigenvalue weighted by Crippen LogP contribution is 2.26. The van der Waals surface area contributed by atoms with Gasteiger partial charge in [-0.15, -0.1) is 0 Å². The maximum atomic E-state index is 13.0. The topological polar surface area (TPSA) is 161 Å². The van der Waals surface area contributed by atoms with Gasteiger partial charge in [-0.05, 0) is 56.1 Å². The maximum Gasteiger partial charge on any atom is 0.407 e. The predicted molar refractivity (Wildman–Crippen MR) is 148 cm³/mol. The number of hydrogen-bond acceptors (Lipinski definition) is 9. The lowest BCUT2D eigenvalue weighted by Crippen LogP contribution is -2.47. The third-order valence-electron chi connectivity index (χ3n) is 5.64. The van der Waals surface area contributed by atoms with Gasteiger partial charge in [0.2, 0.25) is 15.9 Å². The van der Waals surface area contributed by atoms with E-state index < -0.39 is 28.1 Å². The number of aryl methyl sites for hydroxylation is 2. The van der Waals surface area contributed by atoms with Crippen molar-refractivity contribution >= 4 is 28.0 Å². The molecular formula is C27H38N4O8S. The summed E-state index contributed by atoms with van der Waals surface area (Å²) in [4.78, 5) is 35.8. The minimum Gasteiger partial charge on any atom is -0.494 e. The van der Waals surface area contributed by atoms with E-state index in [0.29, 0.717) is 23.3 Å². The number of ether oxygens (including phenoxy) is 3. The summed E-state index contributed by atoms with van der Waals surface area (Å²) in [6, 6.07) is 11.4. The van der Waals surface area contributed by atoms with Crippen LogP contribution in [0.4, 0.5) is 4.79 Å². The van der Waals surface area contributed by atoms with Gasteiger partial charge in [0.05, 0.1) is 18.6 Å². The molecule has 0 aliphatic carbocycles. The quantitative estimate of drug-likeness (QED) is 0.171. The first-order valence-electron chi connectivity index (χ1n) is 12.8. The van der Waals surface area contributed by atoms with Crippen LogP contribution in [0.3, 0.4) is 0 Å². The highest BCUT2D eigenvalue weighted by molar-refractivity contribution is 7.89. The van der Waals surface area contributed by atoms with E-state index in [1.54, 1.807) is 33.0 Å². The molecule has 12 nitrogen and oxygen atoms in total. The van der Waals surface area contributed by atoms with Crippen molar-refractivity contribution in [3.05, 3.63) is 59.2 Å². The molecule has 4 N–H and O–H groups in total. The van der Waals surface area contributed by atoms with Crippen molar-refractivity contribution < 1.29 is 37.0 Å². The molecule has 0 radical (unpaired) electrons. The van der Waals surface area contributed by atoms with Crippen LogP contribution in [0, 0.1) is 13.8 Å². The average molecular weight is 579 g/mol. The third-order valence-corrected chi connectivity index (χ3v) is 7.42. The molecule has 2 amide bonds. The van der Waals surface area contributed by atoms with Crippen molar-refractivity contribution in [1.29, 1.82) is 0 Å². The van der Waals surface area contributed by atoms with E-state index in [2.05, 4.69) is 25.4 Å². The van der Waals surface area contributed by atoms with E-state index in [0.717, 1.165) is 5.56 Å². The molecule has 0 unspecified atom stereocenters. The number of rotatable bonds is 16. The van der Waals surface area contributed by atoms with Gasteiger partial charge in [-0.1, -0.05) is 30.3 Å². The fourth-order valence-corrected chi connectivity index (χ4v) is 5.47. The number of nitrogens with one attached hydrogen (secondary N) is 4. The number of benzene rings is 2. The molecule has 40 heavy (non-hydrogen) atoms. The number of carbonyl (C=O) groups is 3. The molecule has 0 saturated carbocycles. The molecule has 0 aromatic heterocycles. The van der Waals surface area contributed by atoms with Crippen LogP contribution < -0.4 is 25.4 Å². The van der Waals surface area contributed by atoms with E-state index in [9.17, 15) is 22.8 Å². The second-order valence-electron chi connectivity index (χ2n) is 8.93. The molecule has 0 saturated heterocycles. The number of likely N-dealkylation sites (N-methyl/N-ethyl adjacent to an activating group) is 1. The summed E-state index contributed by atoms with van der Waals surface area (Å²) in [6.07, 6.45) is 0.0868. The number of methoxy groups -OCH3 is 1. The Hall–Kier alpha value is -3.68. The first-order chi connectivity index (χ1) is 19.1. The summed E-state index contributed by atoms with van der Waals surface area (Å²) < 4.78 is 43.9. The predicted octanol–water partition coefficient (Wildman–Crippen LogP) is 1.54. The molecule has 0 fully saturated rings. The van der Waals surface area contributed by atoms with E-state index in [-0.39, 0.29) is 50.1 Å². The number of carbonyl (C=O) groups excluding carboxylic acids is 3. The summed E-state index contributed by atoms with van der Waals surface area (Å²) in [5.41, 5.74) is 1.77. The molecule has 0 heterocycles. The standard InChI is InChI=1S/C27H38N4O8S/c1-19-15-22(16-20(2)25(19)40(35,36)31-23(17-28-3)26(33)37-4)38-14-8-11-24(32)29-12-13-30-27(34)39-18-21-9-6-5-7-10-21/h5-7,9-10,15-16,23,28,31H,8,11-14,17-18H2,1-4H3,(H,29,32)(H,30,34)/t23-/m0/s1. The SMILES string of the molecule is CNC[C@H](NS(=O)(=O)c1c(C)cc(OCCCC(=O)NCCNC(=O)OCc2ccccc2)cc1C)C(=O)OC. The Balaban J connectivity index is 1.73. The third kappa shape index (κ3) is 10.8. The molecule has 0 aliphatic heterocycles. The zero-order valence-electron chi connectivity index (χ0n) is 23.2. The average Bonchev–Trinajstić information content (AvgIpc) is 2.91. The van der Waals surface area contributed by atoms with Gasteiger partial charge >= 0.3 is 12.1 Å². The van der Waals surface area contributed by atoms with Crippen molar-refractivity contribution in [2.75, 3.05) is 40.4 Å². The van der Waals surface area contributed by atoms with E-state index >= 15 is 0 Å². The molecule has 2 rings (SSSR count). The van der Waals surface area contributed by atoms with Crippen molar-refractivity contribution in [1.82, 2.24) is 20.7 Å². The Morgan fingerprint density at radius 3 is 2.25 bits per heavy atom. The van der Waals surface area contributed by atoms with Crippen LogP contribution in [-0.4, -0.2) is 72.8 Å². The fourth-order valence-electron chi connectivity index (χ4n) is 3.84. The van der Waals surface area contributed by atoms with E-state index in [1.807, 2.05) is 30.3 Å². The van der Waals surface area contributed by atoms with Gasteiger partial charge in [-0.2, -0.15) is 4.72 Å². The van der Waals surface area contributed by atoms with Crippen molar-refractivity contribution in [2.45, 2.75) is 44.2 Å². The highest BCUT2D eigenvalue weighted by Gasteiger charge is 2.28. The van der Waals surface area contributed by atoms with Crippen LogP contribution in [0.2, 0.25) is 0 Å². The molecule has 220 valence electrons. The maximum absolute atomic E-state index is 13.0. The van der Waals surface area contributed by atoms with Crippen LogP contribution in [-0.2, 0) is 35.7 Å². The molecule has 0 bridgehead atoms. The zero-order chi connectivity index (χ0) is 29.5. The molecular weight excluding hydrogens is 540 g/mol. The summed E-state index contributed by atoms with van der Waals surface area (Å²) in [6.45, 7) is 4.24. The number of amides is 2. The smallest absolute Gasteiger partial charge is 0.407 e. The second-order valence-corrected chi connectivity index (χ2v) is 10.6. The van der Waals surface area contributed by atoms with Gasteiger partial charge in [-0.25, -0.2) is 13.2 Å². The lowest BCUT2D eigenvalue weighted by molar-refractivity contribution is -0.142. The molecule has 1 atom stereocenters. The molecule has 2 aromatic rings. The van der Waals surface area contributed by atoms with Crippen LogP contribution >= 0.6 is 0 Å². The van der Waals surface area contributed by atoms with Crippen molar-refractivity contribution in [2.24, 2.45) is 0 Å². The van der Waals surface area contributed by atoms with Crippen LogP contribution in [0.25, 0.3) is 0 Å². The van der Waals surface area contributed by atoms with Gasteiger partial charge in [0, 0.05) is 26.1 Å². The minimum absolute atomic E-state index is 0.0572. The van der Waals surface area contributed by atoms with Gasteiger partial charge in [-0.3, -0.25) is 9.59 Å². The number of hydrogen-bond donors (Lipinski definition) is 4. The van der Waals surface area contributed by atoms with Crippen LogP contribution in [0.15, 0.2) is 47.4 Å². The minimum atomic E-state index is -4.02. The van der Waals surface area contributed by atoms with E-state index in [4.69, 9.17) is 9.47 Å². The molecule has 0 spiro atoms. The normalized spacial score (nSPS) is 11.8. The zero-order valence-corrected chi connectivity index (χ0v) is 24.1. The van der Waals surface area contributed by atoms with Gasteiger partial charge in [0.25, 0.3) is 0 Å². The Kier molecular flexibility index (Phi) is 13.4. The Morgan fingerprint density at radius 1 is 0.975 bits per heavy atom. The molecule has 13 heteroatoms. The summed E-state index contributed by atoms with van der Waals surface area (Å²) in [7, 11) is -1.23. The summed E-state index contributed by atoms with van der Waals surface area (Å²) in [5, 5.41) is 8.05. The summed E-state index contributed by atoms with van der Waals surface area (Å²) >= 11 is 0. The Labute approximate surface area is 235 Å². The van der Waals surface area contributed by atoms with Crippen molar-refractivity contribution in [3.63, 3.8) is 0 Å². The number of sulfonamides is 1. The Bertz CT molecular complexity index is 1220. The molecule has 0 aliphatic rings. The fraction of sp³-hybridized carbons (Fsp3) is 0.444. The van der Waals surface area contributed by atoms with E-state index in [1.165, 1.54) is 7.11 Å². The van der Waals surface area contributed by atoms with Crippen molar-refractivity contribution in [3.8, 4) is 5.75 Å². The van der Waals surface area contributed by atoms with Gasteiger partial charge < -0.3 is 30.2 Å². The Morgan fingerprint density at radius 2 is 1.62 bits per heavy atom. The lowest BCUT2D eigenvalue weighted by Gasteiger charge is -2.19. The van der Waals surface area contributed by atoms with Crippen LogP contribution in [0.5, 0.6) is 5.75 Å². The van der Waals surface area contributed by atoms with Gasteiger partial charge in [0.15, 0.2) is 0 Å². The number of alkyl carbamates (subject to hydrolysis) is 1. The lowest BCUT2D eigenvalue weighted by atomic mass is 10.1. The first-order valence-corrected chi connectivity index (χ1v) is 14.3. The molecule has 2 aromatic carbocycles.